The Balaban J connectivity index is 1.65. The molecule has 3 aromatic rings. The number of rotatable bonds is 3. The lowest BCUT2D eigenvalue weighted by molar-refractivity contribution is -0.138. The van der Waals surface area contributed by atoms with E-state index in [1.807, 2.05) is 0 Å². The Morgan fingerprint density at radius 3 is 1.86 bits per heavy atom. The zero-order valence-electron chi connectivity index (χ0n) is 18.6. The van der Waals surface area contributed by atoms with Crippen LogP contribution in [0, 0.1) is 0 Å². The number of benzene rings is 3. The van der Waals surface area contributed by atoms with Crippen molar-refractivity contribution in [3.63, 3.8) is 0 Å². The SMILES string of the molecule is CC1(c2ccc(C(F)(F)F)cc2)CN(C(=O)Nc2ccc(C(F)(F)F)cc2)N=C1c1ccc(Cl)cc1. The topological polar surface area (TPSA) is 44.7 Å². The third-order valence-electron chi connectivity index (χ3n) is 5.87. The Labute approximate surface area is 207 Å². The molecule has 1 unspecified atom stereocenters. The van der Waals surface area contributed by atoms with Crippen molar-refractivity contribution >= 4 is 29.0 Å². The minimum Gasteiger partial charge on any atom is -0.306 e. The molecule has 4 rings (SSSR count). The van der Waals surface area contributed by atoms with E-state index in [2.05, 4.69) is 10.4 Å². The standard InChI is InChI=1S/C25H18ClF6N3O/c1-23(16-4-6-17(7-5-16)24(27,28)29)14-35(34-21(23)15-2-10-19(26)11-3-15)22(36)33-20-12-8-18(9-13-20)25(30,31)32/h2-13H,14H2,1H3,(H,33,36). The zero-order valence-corrected chi connectivity index (χ0v) is 19.3. The van der Waals surface area contributed by atoms with Gasteiger partial charge in [0.2, 0.25) is 0 Å². The predicted molar refractivity (Wildman–Crippen MR) is 124 cm³/mol. The molecular formula is C25H18ClF6N3O. The number of alkyl halides is 6. The Kier molecular flexibility index (Phi) is 6.51. The van der Waals surface area contributed by atoms with Crippen LogP contribution in [0.1, 0.15) is 29.2 Å². The van der Waals surface area contributed by atoms with Crippen LogP contribution in [0.25, 0.3) is 0 Å². The Hall–Kier alpha value is -3.53. The van der Waals surface area contributed by atoms with Gasteiger partial charge in [-0.15, -0.1) is 0 Å². The van der Waals surface area contributed by atoms with Gasteiger partial charge in [-0.3, -0.25) is 0 Å². The summed E-state index contributed by atoms with van der Waals surface area (Å²) in [7, 11) is 0. The van der Waals surface area contributed by atoms with Crippen molar-refractivity contribution < 1.29 is 31.1 Å². The maximum Gasteiger partial charge on any atom is 0.416 e. The number of carbonyl (C=O) groups is 1. The lowest BCUT2D eigenvalue weighted by Crippen LogP contribution is -2.38. The van der Waals surface area contributed by atoms with Gasteiger partial charge in [0.25, 0.3) is 0 Å². The number of amides is 2. The Morgan fingerprint density at radius 2 is 1.36 bits per heavy atom. The maximum absolute atomic E-state index is 13.1. The van der Waals surface area contributed by atoms with E-state index in [4.69, 9.17) is 11.6 Å². The highest BCUT2D eigenvalue weighted by Crippen LogP contribution is 2.38. The molecule has 0 aliphatic carbocycles. The van der Waals surface area contributed by atoms with Crippen molar-refractivity contribution in [1.82, 2.24) is 5.01 Å². The van der Waals surface area contributed by atoms with Crippen LogP contribution in [-0.2, 0) is 17.8 Å². The number of nitrogens with one attached hydrogen (secondary N) is 1. The smallest absolute Gasteiger partial charge is 0.306 e. The molecule has 4 nitrogen and oxygen atoms in total. The zero-order chi connectivity index (χ0) is 26.3. The van der Waals surface area contributed by atoms with Crippen LogP contribution in [-0.4, -0.2) is 23.3 Å². The summed E-state index contributed by atoms with van der Waals surface area (Å²) < 4.78 is 77.7. The molecule has 2 amide bonds. The molecule has 0 spiro atoms. The first-order valence-electron chi connectivity index (χ1n) is 10.6. The second-order valence-electron chi connectivity index (χ2n) is 8.43. The molecule has 0 saturated heterocycles. The van der Waals surface area contributed by atoms with Gasteiger partial charge in [-0.05, 0) is 66.6 Å². The molecule has 1 atom stereocenters. The number of carbonyl (C=O) groups excluding carboxylic acids is 1. The molecule has 1 aliphatic heterocycles. The molecule has 0 aromatic heterocycles. The summed E-state index contributed by atoms with van der Waals surface area (Å²) >= 11 is 5.98. The van der Waals surface area contributed by atoms with Crippen LogP contribution in [0.5, 0.6) is 0 Å². The highest BCUT2D eigenvalue weighted by molar-refractivity contribution is 6.30. The highest BCUT2D eigenvalue weighted by Gasteiger charge is 2.43. The third kappa shape index (κ3) is 5.18. The van der Waals surface area contributed by atoms with Crippen molar-refractivity contribution in [1.29, 1.82) is 0 Å². The molecule has 3 aromatic carbocycles. The molecule has 36 heavy (non-hydrogen) atoms. The lowest BCUT2D eigenvalue weighted by atomic mass is 9.76. The molecule has 0 saturated carbocycles. The van der Waals surface area contributed by atoms with Gasteiger partial charge in [-0.1, -0.05) is 35.9 Å². The number of halogens is 7. The molecule has 1 N–H and O–H groups in total. The molecule has 0 radical (unpaired) electrons. The fraction of sp³-hybridized carbons (Fsp3) is 0.200. The maximum atomic E-state index is 13.1. The van der Waals surface area contributed by atoms with Crippen molar-refractivity contribution in [2.24, 2.45) is 5.10 Å². The van der Waals surface area contributed by atoms with Gasteiger partial charge in [-0.2, -0.15) is 31.4 Å². The van der Waals surface area contributed by atoms with Crippen LogP contribution in [0.15, 0.2) is 77.9 Å². The fourth-order valence-electron chi connectivity index (χ4n) is 3.93. The number of nitrogens with zero attached hydrogens (tertiary/aromatic N) is 2. The summed E-state index contributed by atoms with van der Waals surface area (Å²) in [5.41, 5.74) is -1.02. The quantitative estimate of drug-likeness (QED) is 0.352. The second-order valence-corrected chi connectivity index (χ2v) is 8.86. The van der Waals surface area contributed by atoms with Gasteiger partial charge in [0.1, 0.15) is 0 Å². The third-order valence-corrected chi connectivity index (χ3v) is 6.13. The average molecular weight is 526 g/mol. The minimum absolute atomic E-state index is 0.0250. The van der Waals surface area contributed by atoms with E-state index in [1.54, 1.807) is 31.2 Å². The highest BCUT2D eigenvalue weighted by atomic mass is 35.5. The number of anilines is 1. The van der Waals surface area contributed by atoms with Gasteiger partial charge < -0.3 is 5.32 Å². The van der Waals surface area contributed by atoms with Crippen LogP contribution in [0.2, 0.25) is 5.02 Å². The molecular weight excluding hydrogens is 508 g/mol. The van der Waals surface area contributed by atoms with Gasteiger partial charge in [0, 0.05) is 10.7 Å². The number of urea groups is 1. The van der Waals surface area contributed by atoms with E-state index in [-0.39, 0.29) is 12.2 Å². The van der Waals surface area contributed by atoms with E-state index in [9.17, 15) is 31.1 Å². The van der Waals surface area contributed by atoms with Crippen molar-refractivity contribution in [3.8, 4) is 0 Å². The summed E-state index contributed by atoms with van der Waals surface area (Å²) in [5.74, 6) is 0. The van der Waals surface area contributed by atoms with E-state index in [1.165, 1.54) is 12.1 Å². The minimum atomic E-state index is -4.52. The van der Waals surface area contributed by atoms with Crippen LogP contribution < -0.4 is 5.32 Å². The summed E-state index contributed by atoms with van der Waals surface area (Å²) in [6.07, 6.45) is -9.02. The van der Waals surface area contributed by atoms with Crippen molar-refractivity contribution in [2.45, 2.75) is 24.7 Å². The fourth-order valence-corrected chi connectivity index (χ4v) is 4.05. The van der Waals surface area contributed by atoms with Crippen molar-refractivity contribution in [2.75, 3.05) is 11.9 Å². The first-order chi connectivity index (χ1) is 16.8. The van der Waals surface area contributed by atoms with E-state index in [0.29, 0.717) is 21.9 Å². The summed E-state index contributed by atoms with van der Waals surface area (Å²) in [6.45, 7) is 1.72. The molecule has 0 bridgehead atoms. The van der Waals surface area contributed by atoms with Gasteiger partial charge in [0.05, 0.1) is 28.8 Å². The number of hydrogen-bond donors (Lipinski definition) is 1. The molecule has 11 heteroatoms. The summed E-state index contributed by atoms with van der Waals surface area (Å²) in [6, 6.07) is 14.4. The van der Waals surface area contributed by atoms with Gasteiger partial charge in [0.15, 0.2) is 0 Å². The second kappa shape index (κ2) is 9.16. The average Bonchev–Trinajstić information content (AvgIpc) is 3.18. The van der Waals surface area contributed by atoms with E-state index in [0.717, 1.165) is 41.4 Å². The Morgan fingerprint density at radius 1 is 0.861 bits per heavy atom. The number of hydrazone groups is 1. The van der Waals surface area contributed by atoms with Crippen molar-refractivity contribution in [3.05, 3.63) is 100 Å². The van der Waals surface area contributed by atoms with E-state index >= 15 is 0 Å². The largest absolute Gasteiger partial charge is 0.416 e. The molecule has 1 aliphatic rings. The van der Waals surface area contributed by atoms with Crippen LogP contribution in [0.4, 0.5) is 36.8 Å². The predicted octanol–water partition coefficient (Wildman–Crippen LogP) is 7.59. The summed E-state index contributed by atoms with van der Waals surface area (Å²) in [4.78, 5) is 12.9. The van der Waals surface area contributed by atoms with Crippen LogP contribution >= 0.6 is 11.6 Å². The Bertz CT molecular complexity index is 1290. The normalized spacial score (nSPS) is 18.2. The molecule has 1 heterocycles. The van der Waals surface area contributed by atoms with E-state index < -0.39 is 34.9 Å². The first kappa shape index (κ1) is 25.6. The molecule has 0 fully saturated rings. The first-order valence-corrected chi connectivity index (χ1v) is 10.9. The number of hydrogen-bond acceptors (Lipinski definition) is 2. The monoisotopic (exact) mass is 525 g/mol. The van der Waals surface area contributed by atoms with Gasteiger partial charge >= 0.3 is 18.4 Å². The summed E-state index contributed by atoms with van der Waals surface area (Å²) in [5, 5.41) is 8.50. The lowest BCUT2D eigenvalue weighted by Gasteiger charge is -2.27. The van der Waals surface area contributed by atoms with Gasteiger partial charge in [-0.25, -0.2) is 9.80 Å². The molecule has 188 valence electrons. The van der Waals surface area contributed by atoms with Crippen LogP contribution in [0.3, 0.4) is 0 Å².